The Hall–Kier alpha value is -1.19. The van der Waals surface area contributed by atoms with Gasteiger partial charge in [0.05, 0.1) is 0 Å². The Morgan fingerprint density at radius 1 is 1.27 bits per heavy atom. The molecule has 1 N–H and O–H groups in total. The van der Waals surface area contributed by atoms with Crippen LogP contribution in [0.1, 0.15) is 10.4 Å². The summed E-state index contributed by atoms with van der Waals surface area (Å²) in [4.78, 5) is 5.59. The lowest BCUT2D eigenvalue weighted by Crippen LogP contribution is -2.05. The van der Waals surface area contributed by atoms with E-state index >= 15 is 0 Å². The van der Waals surface area contributed by atoms with E-state index in [-0.39, 0.29) is 0 Å². The molecule has 15 heavy (non-hydrogen) atoms. The first kappa shape index (κ1) is 10.3. The van der Waals surface area contributed by atoms with E-state index in [0.717, 1.165) is 6.54 Å². The summed E-state index contributed by atoms with van der Waals surface area (Å²) >= 11 is 1.78. The average molecular weight is 218 g/mol. The molecule has 2 nitrogen and oxygen atoms in total. The number of nitrogens with zero attached hydrogens (tertiary/aromatic N) is 1. The van der Waals surface area contributed by atoms with Crippen molar-refractivity contribution in [1.82, 2.24) is 10.3 Å². The SMILES string of the molecule is CNCc1cncc(-c2csc(C)c2)c1. The van der Waals surface area contributed by atoms with Crippen LogP contribution in [0.15, 0.2) is 29.9 Å². The second-order valence-corrected chi connectivity index (χ2v) is 4.67. The zero-order valence-electron chi connectivity index (χ0n) is 8.95. The summed E-state index contributed by atoms with van der Waals surface area (Å²) in [6.45, 7) is 2.99. The Bertz CT molecular complexity index is 448. The standard InChI is InChI=1S/C12H14N2S/c1-9-3-12(8-15-9)11-4-10(5-13-2)6-14-7-11/h3-4,6-8,13H,5H2,1-2H3. The quantitative estimate of drug-likeness (QED) is 0.857. The molecule has 2 heterocycles. The number of hydrogen-bond donors (Lipinski definition) is 1. The van der Waals surface area contributed by atoms with Gasteiger partial charge in [-0.1, -0.05) is 0 Å². The summed E-state index contributed by atoms with van der Waals surface area (Å²) < 4.78 is 0. The molecule has 0 bridgehead atoms. The van der Waals surface area contributed by atoms with E-state index in [1.54, 1.807) is 11.3 Å². The van der Waals surface area contributed by atoms with Gasteiger partial charge in [-0.2, -0.15) is 0 Å². The van der Waals surface area contributed by atoms with Crippen molar-refractivity contribution in [3.63, 3.8) is 0 Å². The van der Waals surface area contributed by atoms with Crippen LogP contribution in [0.25, 0.3) is 11.1 Å². The van der Waals surface area contributed by atoms with E-state index in [9.17, 15) is 0 Å². The van der Waals surface area contributed by atoms with E-state index in [2.05, 4.69) is 34.7 Å². The van der Waals surface area contributed by atoms with Crippen molar-refractivity contribution in [2.75, 3.05) is 7.05 Å². The Balaban J connectivity index is 2.32. The maximum Gasteiger partial charge on any atom is 0.0346 e. The molecule has 0 atom stereocenters. The summed E-state index contributed by atoms with van der Waals surface area (Å²) in [6, 6.07) is 4.38. The molecule has 2 rings (SSSR count). The predicted molar refractivity (Wildman–Crippen MR) is 65.1 cm³/mol. The minimum atomic E-state index is 0.865. The minimum absolute atomic E-state index is 0.865. The van der Waals surface area contributed by atoms with Crippen LogP contribution in [-0.2, 0) is 6.54 Å². The topological polar surface area (TPSA) is 24.9 Å². The minimum Gasteiger partial charge on any atom is -0.316 e. The van der Waals surface area contributed by atoms with Crippen LogP contribution in [0.5, 0.6) is 0 Å². The van der Waals surface area contributed by atoms with Gasteiger partial charge in [0, 0.05) is 29.4 Å². The first-order chi connectivity index (χ1) is 7.29. The Kier molecular flexibility index (Phi) is 3.14. The number of thiophene rings is 1. The van der Waals surface area contributed by atoms with Crippen LogP contribution in [0.4, 0.5) is 0 Å². The van der Waals surface area contributed by atoms with Gasteiger partial charge >= 0.3 is 0 Å². The van der Waals surface area contributed by atoms with Gasteiger partial charge in [0.25, 0.3) is 0 Å². The molecule has 0 saturated carbocycles. The summed E-state index contributed by atoms with van der Waals surface area (Å²) in [5, 5.41) is 5.31. The molecular formula is C12H14N2S. The lowest BCUT2D eigenvalue weighted by atomic mass is 10.1. The first-order valence-electron chi connectivity index (χ1n) is 4.93. The van der Waals surface area contributed by atoms with Crippen LogP contribution >= 0.6 is 11.3 Å². The van der Waals surface area contributed by atoms with Crippen LogP contribution < -0.4 is 5.32 Å². The molecule has 0 fully saturated rings. The summed E-state index contributed by atoms with van der Waals surface area (Å²) in [7, 11) is 1.95. The van der Waals surface area contributed by atoms with Gasteiger partial charge in [-0.3, -0.25) is 4.98 Å². The van der Waals surface area contributed by atoms with Crippen molar-refractivity contribution in [1.29, 1.82) is 0 Å². The van der Waals surface area contributed by atoms with Crippen molar-refractivity contribution in [2.24, 2.45) is 0 Å². The smallest absolute Gasteiger partial charge is 0.0346 e. The highest BCUT2D eigenvalue weighted by molar-refractivity contribution is 7.10. The van der Waals surface area contributed by atoms with Crippen molar-refractivity contribution < 1.29 is 0 Å². The molecule has 0 radical (unpaired) electrons. The Morgan fingerprint density at radius 2 is 2.13 bits per heavy atom. The maximum atomic E-state index is 4.25. The number of pyridine rings is 1. The third kappa shape index (κ3) is 2.43. The molecule has 2 aromatic heterocycles. The molecule has 0 aliphatic rings. The zero-order chi connectivity index (χ0) is 10.7. The molecular weight excluding hydrogens is 204 g/mol. The van der Waals surface area contributed by atoms with Crippen LogP contribution in [0.3, 0.4) is 0 Å². The van der Waals surface area contributed by atoms with Crippen LogP contribution in [0.2, 0.25) is 0 Å². The lowest BCUT2D eigenvalue weighted by Gasteiger charge is -2.02. The molecule has 0 unspecified atom stereocenters. The van der Waals surface area contributed by atoms with E-state index in [1.165, 1.54) is 21.6 Å². The van der Waals surface area contributed by atoms with Gasteiger partial charge in [-0.05, 0) is 42.6 Å². The van der Waals surface area contributed by atoms with Gasteiger partial charge in [-0.25, -0.2) is 0 Å². The highest BCUT2D eigenvalue weighted by atomic mass is 32.1. The molecule has 0 aromatic carbocycles. The molecule has 78 valence electrons. The molecule has 2 aromatic rings. The van der Waals surface area contributed by atoms with Crippen molar-refractivity contribution in [2.45, 2.75) is 13.5 Å². The fourth-order valence-corrected chi connectivity index (χ4v) is 2.25. The molecule has 0 aliphatic carbocycles. The van der Waals surface area contributed by atoms with Crippen molar-refractivity contribution >= 4 is 11.3 Å². The molecule has 0 aliphatic heterocycles. The van der Waals surface area contributed by atoms with Gasteiger partial charge in [0.15, 0.2) is 0 Å². The monoisotopic (exact) mass is 218 g/mol. The number of aromatic nitrogens is 1. The van der Waals surface area contributed by atoms with E-state index in [0.29, 0.717) is 0 Å². The second kappa shape index (κ2) is 4.55. The highest BCUT2D eigenvalue weighted by Crippen LogP contribution is 2.24. The second-order valence-electron chi connectivity index (χ2n) is 3.56. The van der Waals surface area contributed by atoms with Gasteiger partial charge in [-0.15, -0.1) is 11.3 Å². The van der Waals surface area contributed by atoms with E-state index in [1.807, 2.05) is 19.4 Å². The van der Waals surface area contributed by atoms with Crippen LogP contribution in [0, 0.1) is 6.92 Å². The molecule has 3 heteroatoms. The van der Waals surface area contributed by atoms with Crippen molar-refractivity contribution in [3.05, 3.63) is 40.3 Å². The highest BCUT2D eigenvalue weighted by Gasteiger charge is 2.01. The molecule has 0 saturated heterocycles. The average Bonchev–Trinajstić information content (AvgIpc) is 2.66. The molecule has 0 spiro atoms. The largest absolute Gasteiger partial charge is 0.316 e. The van der Waals surface area contributed by atoms with Gasteiger partial charge < -0.3 is 5.32 Å². The summed E-state index contributed by atoms with van der Waals surface area (Å²) in [5.41, 5.74) is 3.69. The van der Waals surface area contributed by atoms with Crippen LogP contribution in [-0.4, -0.2) is 12.0 Å². The number of aryl methyl sites for hydroxylation is 1. The predicted octanol–water partition coefficient (Wildman–Crippen LogP) is 2.84. The first-order valence-corrected chi connectivity index (χ1v) is 5.81. The van der Waals surface area contributed by atoms with Gasteiger partial charge in [0.1, 0.15) is 0 Å². The summed E-state index contributed by atoms with van der Waals surface area (Å²) in [6.07, 6.45) is 3.82. The maximum absolute atomic E-state index is 4.25. The fourth-order valence-electron chi connectivity index (χ4n) is 1.54. The summed E-state index contributed by atoms with van der Waals surface area (Å²) in [5.74, 6) is 0. The zero-order valence-corrected chi connectivity index (χ0v) is 9.77. The lowest BCUT2D eigenvalue weighted by molar-refractivity contribution is 0.813. The van der Waals surface area contributed by atoms with Crippen molar-refractivity contribution in [3.8, 4) is 11.1 Å². The number of rotatable bonds is 3. The fraction of sp³-hybridized carbons (Fsp3) is 0.250. The molecule has 0 amide bonds. The normalized spacial score (nSPS) is 10.5. The Labute approximate surface area is 94.0 Å². The third-order valence-electron chi connectivity index (χ3n) is 2.24. The van der Waals surface area contributed by atoms with Gasteiger partial charge in [0.2, 0.25) is 0 Å². The number of hydrogen-bond acceptors (Lipinski definition) is 3. The number of nitrogens with one attached hydrogen (secondary N) is 1. The Morgan fingerprint density at radius 3 is 2.80 bits per heavy atom. The third-order valence-corrected chi connectivity index (χ3v) is 3.10. The van der Waals surface area contributed by atoms with E-state index < -0.39 is 0 Å². The van der Waals surface area contributed by atoms with E-state index in [4.69, 9.17) is 0 Å².